The molecular formula is C14H16N6. The summed E-state index contributed by atoms with van der Waals surface area (Å²) in [6, 6.07) is 8.02. The zero-order valence-corrected chi connectivity index (χ0v) is 11.5. The molecule has 2 aromatic heterocycles. The highest BCUT2D eigenvalue weighted by Gasteiger charge is 2.06. The summed E-state index contributed by atoms with van der Waals surface area (Å²) >= 11 is 0. The number of aryl methyl sites for hydroxylation is 2. The van der Waals surface area contributed by atoms with Crippen LogP contribution in [0.25, 0.3) is 5.69 Å². The maximum Gasteiger partial charge on any atom is 0.0894 e. The minimum absolute atomic E-state index is 0.728. The van der Waals surface area contributed by atoms with Crippen LogP contribution in [-0.2, 0) is 13.6 Å². The second-order valence-electron chi connectivity index (χ2n) is 4.63. The average Bonchev–Trinajstić information content (AvgIpc) is 3.07. The lowest BCUT2D eigenvalue weighted by molar-refractivity contribution is 0.756. The molecule has 0 radical (unpaired) electrons. The Kier molecular flexibility index (Phi) is 3.20. The lowest BCUT2D eigenvalue weighted by Crippen LogP contribution is -2.05. The molecule has 3 aromatic rings. The fourth-order valence-electron chi connectivity index (χ4n) is 2.17. The second kappa shape index (κ2) is 5.16. The van der Waals surface area contributed by atoms with Crippen molar-refractivity contribution in [2.45, 2.75) is 13.5 Å². The van der Waals surface area contributed by atoms with Gasteiger partial charge in [-0.15, -0.1) is 5.10 Å². The predicted molar refractivity (Wildman–Crippen MR) is 76.6 cm³/mol. The van der Waals surface area contributed by atoms with E-state index in [1.54, 1.807) is 10.9 Å². The van der Waals surface area contributed by atoms with E-state index < -0.39 is 0 Å². The van der Waals surface area contributed by atoms with Crippen LogP contribution in [0.3, 0.4) is 0 Å². The summed E-state index contributed by atoms with van der Waals surface area (Å²) in [6.45, 7) is 2.74. The number of nitrogens with zero attached hydrogens (tertiary/aromatic N) is 5. The molecule has 1 N–H and O–H groups in total. The molecule has 0 saturated carbocycles. The number of benzene rings is 1. The van der Waals surface area contributed by atoms with Gasteiger partial charge in [0.25, 0.3) is 0 Å². The first-order valence-corrected chi connectivity index (χ1v) is 6.43. The smallest absolute Gasteiger partial charge is 0.0894 e. The summed E-state index contributed by atoms with van der Waals surface area (Å²) in [7, 11) is 1.93. The molecule has 1 aromatic carbocycles. The third kappa shape index (κ3) is 2.40. The lowest BCUT2D eigenvalue weighted by atomic mass is 10.2. The van der Waals surface area contributed by atoms with Crippen LogP contribution < -0.4 is 5.32 Å². The quantitative estimate of drug-likeness (QED) is 0.785. The van der Waals surface area contributed by atoms with E-state index in [1.807, 2.05) is 55.3 Å². The minimum Gasteiger partial charge on any atom is -0.379 e. The van der Waals surface area contributed by atoms with Gasteiger partial charge in [-0.1, -0.05) is 17.3 Å². The number of para-hydroxylation sites is 2. The largest absolute Gasteiger partial charge is 0.379 e. The van der Waals surface area contributed by atoms with Crippen molar-refractivity contribution < 1.29 is 0 Å². The maximum absolute atomic E-state index is 4.34. The number of hydrogen-bond donors (Lipinski definition) is 1. The molecular weight excluding hydrogens is 252 g/mol. The summed E-state index contributed by atoms with van der Waals surface area (Å²) < 4.78 is 3.58. The van der Waals surface area contributed by atoms with E-state index in [2.05, 4.69) is 20.7 Å². The Morgan fingerprint density at radius 2 is 2.10 bits per heavy atom. The first-order chi connectivity index (χ1) is 9.74. The van der Waals surface area contributed by atoms with Crippen LogP contribution in [-0.4, -0.2) is 24.8 Å². The minimum atomic E-state index is 0.728. The Labute approximate surface area is 117 Å². The van der Waals surface area contributed by atoms with E-state index in [0.717, 1.165) is 23.6 Å². The molecule has 0 amide bonds. The Morgan fingerprint density at radius 3 is 2.80 bits per heavy atom. The normalized spacial score (nSPS) is 10.7. The van der Waals surface area contributed by atoms with E-state index in [0.29, 0.717) is 0 Å². The Morgan fingerprint density at radius 1 is 1.25 bits per heavy atom. The molecule has 0 aliphatic rings. The number of anilines is 1. The third-order valence-corrected chi connectivity index (χ3v) is 3.16. The number of hydrogen-bond acceptors (Lipinski definition) is 4. The monoisotopic (exact) mass is 268 g/mol. The first-order valence-electron chi connectivity index (χ1n) is 6.43. The molecule has 6 heteroatoms. The number of rotatable bonds is 4. The highest BCUT2D eigenvalue weighted by molar-refractivity contribution is 5.60. The van der Waals surface area contributed by atoms with Crippen LogP contribution in [0.5, 0.6) is 0 Å². The molecule has 0 fully saturated rings. The standard InChI is InChI=1S/C14H16N6/c1-11-12(10-19(2)17-11)9-15-13-5-3-4-6-14(13)20-8-7-16-18-20/h3-8,10,15H,9H2,1-2H3. The van der Waals surface area contributed by atoms with Crippen LogP contribution in [0.2, 0.25) is 0 Å². The van der Waals surface area contributed by atoms with E-state index in [-0.39, 0.29) is 0 Å². The van der Waals surface area contributed by atoms with E-state index in [9.17, 15) is 0 Å². The van der Waals surface area contributed by atoms with Gasteiger partial charge in [0, 0.05) is 25.4 Å². The SMILES string of the molecule is Cc1nn(C)cc1CNc1ccccc1-n1ccnn1. The first kappa shape index (κ1) is 12.4. The van der Waals surface area contributed by atoms with Crippen LogP contribution in [0.1, 0.15) is 11.3 Å². The van der Waals surface area contributed by atoms with Crippen LogP contribution in [0.4, 0.5) is 5.69 Å². The molecule has 0 aliphatic carbocycles. The van der Waals surface area contributed by atoms with Crippen molar-refractivity contribution in [3.63, 3.8) is 0 Å². The zero-order valence-electron chi connectivity index (χ0n) is 11.5. The molecule has 2 heterocycles. The van der Waals surface area contributed by atoms with E-state index >= 15 is 0 Å². The van der Waals surface area contributed by atoms with Crippen molar-refractivity contribution in [2.24, 2.45) is 7.05 Å². The molecule has 0 atom stereocenters. The lowest BCUT2D eigenvalue weighted by Gasteiger charge is -2.11. The van der Waals surface area contributed by atoms with Gasteiger partial charge >= 0.3 is 0 Å². The average molecular weight is 268 g/mol. The maximum atomic E-state index is 4.34. The Bertz CT molecular complexity index is 698. The fraction of sp³-hybridized carbons (Fsp3) is 0.214. The van der Waals surface area contributed by atoms with Crippen LogP contribution in [0, 0.1) is 6.92 Å². The van der Waals surface area contributed by atoms with Gasteiger partial charge in [-0.25, -0.2) is 4.68 Å². The number of aromatic nitrogens is 5. The molecule has 0 unspecified atom stereocenters. The van der Waals surface area contributed by atoms with Crippen molar-refractivity contribution >= 4 is 5.69 Å². The predicted octanol–water partition coefficient (Wildman–Crippen LogP) is 1.92. The van der Waals surface area contributed by atoms with Gasteiger partial charge in [-0.2, -0.15) is 5.10 Å². The third-order valence-electron chi connectivity index (χ3n) is 3.16. The summed E-state index contributed by atoms with van der Waals surface area (Å²) in [5.74, 6) is 0. The van der Waals surface area contributed by atoms with Gasteiger partial charge in [-0.3, -0.25) is 4.68 Å². The summed E-state index contributed by atoms with van der Waals surface area (Å²) in [5, 5.41) is 15.7. The van der Waals surface area contributed by atoms with Gasteiger partial charge in [0.1, 0.15) is 0 Å². The molecule has 3 rings (SSSR count). The van der Waals surface area contributed by atoms with Crippen molar-refractivity contribution in [1.82, 2.24) is 24.8 Å². The summed E-state index contributed by atoms with van der Waals surface area (Å²) in [6.07, 6.45) is 5.53. The molecule has 0 aliphatic heterocycles. The van der Waals surface area contributed by atoms with Gasteiger partial charge in [0.15, 0.2) is 0 Å². The molecule has 6 nitrogen and oxygen atoms in total. The Balaban J connectivity index is 1.83. The van der Waals surface area contributed by atoms with Gasteiger partial charge in [-0.05, 0) is 19.1 Å². The molecule has 0 saturated heterocycles. The molecule has 102 valence electrons. The highest BCUT2D eigenvalue weighted by Crippen LogP contribution is 2.19. The van der Waals surface area contributed by atoms with Crippen molar-refractivity contribution in [3.8, 4) is 5.69 Å². The van der Waals surface area contributed by atoms with E-state index in [4.69, 9.17) is 0 Å². The van der Waals surface area contributed by atoms with Crippen LogP contribution >= 0.6 is 0 Å². The highest BCUT2D eigenvalue weighted by atomic mass is 15.4. The zero-order chi connectivity index (χ0) is 13.9. The summed E-state index contributed by atoms with van der Waals surface area (Å²) in [4.78, 5) is 0. The topological polar surface area (TPSA) is 60.6 Å². The van der Waals surface area contributed by atoms with Gasteiger partial charge in [0.05, 0.1) is 29.5 Å². The molecule has 0 bridgehead atoms. The van der Waals surface area contributed by atoms with Crippen molar-refractivity contribution in [2.75, 3.05) is 5.32 Å². The Hall–Kier alpha value is -2.63. The van der Waals surface area contributed by atoms with Crippen molar-refractivity contribution in [3.05, 3.63) is 54.1 Å². The fourth-order valence-corrected chi connectivity index (χ4v) is 2.17. The van der Waals surface area contributed by atoms with E-state index in [1.165, 1.54) is 5.56 Å². The number of nitrogens with one attached hydrogen (secondary N) is 1. The van der Waals surface area contributed by atoms with Crippen molar-refractivity contribution in [1.29, 1.82) is 0 Å². The second-order valence-corrected chi connectivity index (χ2v) is 4.63. The van der Waals surface area contributed by atoms with Gasteiger partial charge < -0.3 is 5.32 Å². The van der Waals surface area contributed by atoms with Crippen LogP contribution in [0.15, 0.2) is 42.9 Å². The molecule has 0 spiro atoms. The molecule has 20 heavy (non-hydrogen) atoms. The van der Waals surface area contributed by atoms with Gasteiger partial charge in [0.2, 0.25) is 0 Å². The summed E-state index contributed by atoms with van der Waals surface area (Å²) in [5.41, 5.74) is 4.21.